The normalized spacial score (nSPS) is 10.3. The summed E-state index contributed by atoms with van der Waals surface area (Å²) < 4.78 is 4.65. The molecule has 0 aliphatic carbocycles. The Balaban J connectivity index is 2.25. The maximum absolute atomic E-state index is 4.87. The Kier molecular flexibility index (Phi) is 4.46. The summed E-state index contributed by atoms with van der Waals surface area (Å²) in [5.74, 6) is 0. The highest BCUT2D eigenvalue weighted by Crippen LogP contribution is 2.04. The van der Waals surface area contributed by atoms with E-state index in [-0.39, 0.29) is 6.79 Å². The summed E-state index contributed by atoms with van der Waals surface area (Å²) in [5.41, 5.74) is 2.32. The molecule has 0 bridgehead atoms. The summed E-state index contributed by atoms with van der Waals surface area (Å²) in [6, 6.07) is 8.08. The molecule has 0 amide bonds. The summed E-state index contributed by atoms with van der Waals surface area (Å²) in [7, 11) is 1.55. The summed E-state index contributed by atoms with van der Waals surface area (Å²) >= 11 is 0. The van der Waals surface area contributed by atoms with Crippen LogP contribution in [0.3, 0.4) is 0 Å². The molecule has 3 nitrogen and oxygen atoms in total. The van der Waals surface area contributed by atoms with Gasteiger partial charge in [-0.15, -0.1) is 0 Å². The third-order valence-corrected chi connectivity index (χ3v) is 1.60. The summed E-state index contributed by atoms with van der Waals surface area (Å²) in [5, 5.41) is 0. The van der Waals surface area contributed by atoms with Crippen molar-refractivity contribution in [1.29, 1.82) is 0 Å². The number of hydrogen-bond donors (Lipinski definition) is 0. The van der Waals surface area contributed by atoms with Crippen LogP contribution in [0.25, 0.3) is 0 Å². The van der Waals surface area contributed by atoms with Crippen molar-refractivity contribution < 1.29 is 14.5 Å². The fraction of sp³-hybridized carbons (Fsp3) is 0.400. The van der Waals surface area contributed by atoms with Crippen molar-refractivity contribution >= 4 is 0 Å². The number of aryl methyl sites for hydroxylation is 1. The molecule has 0 spiro atoms. The molecule has 0 heterocycles. The molecule has 0 aliphatic rings. The fourth-order valence-corrected chi connectivity index (χ4v) is 0.876. The molecule has 1 aromatic carbocycles. The van der Waals surface area contributed by atoms with Gasteiger partial charge in [-0.25, -0.2) is 9.78 Å². The minimum absolute atomic E-state index is 0.159. The molecule has 0 unspecified atom stereocenters. The molecular weight excluding hydrogens is 168 g/mol. The van der Waals surface area contributed by atoms with Gasteiger partial charge in [0.05, 0.1) is 0 Å². The molecule has 0 radical (unpaired) electrons. The number of methoxy groups -OCH3 is 1. The van der Waals surface area contributed by atoms with E-state index in [0.717, 1.165) is 5.56 Å². The van der Waals surface area contributed by atoms with E-state index in [2.05, 4.69) is 4.74 Å². The SMILES string of the molecule is COCOOCc1ccc(C)cc1. The standard InChI is InChI=1S/C10H14O3/c1-9-3-5-10(6-4-9)7-12-13-8-11-2/h3-6H,7-8H2,1-2H3. The lowest BCUT2D eigenvalue weighted by atomic mass is 10.2. The number of rotatable bonds is 5. The van der Waals surface area contributed by atoms with Gasteiger partial charge in [0.25, 0.3) is 0 Å². The predicted octanol–water partition coefficient (Wildman–Crippen LogP) is 2.05. The van der Waals surface area contributed by atoms with Crippen LogP contribution in [0.5, 0.6) is 0 Å². The van der Waals surface area contributed by atoms with Crippen LogP contribution in [0.15, 0.2) is 24.3 Å². The molecule has 13 heavy (non-hydrogen) atoms. The zero-order valence-corrected chi connectivity index (χ0v) is 7.95. The van der Waals surface area contributed by atoms with Crippen molar-refractivity contribution in [3.8, 4) is 0 Å². The van der Waals surface area contributed by atoms with Gasteiger partial charge in [-0.2, -0.15) is 0 Å². The zero-order valence-electron chi connectivity index (χ0n) is 7.95. The van der Waals surface area contributed by atoms with Crippen molar-refractivity contribution in [1.82, 2.24) is 0 Å². The van der Waals surface area contributed by atoms with Crippen LogP contribution < -0.4 is 0 Å². The molecule has 0 atom stereocenters. The van der Waals surface area contributed by atoms with Crippen molar-refractivity contribution in [2.45, 2.75) is 13.5 Å². The molecule has 72 valence electrons. The van der Waals surface area contributed by atoms with E-state index in [9.17, 15) is 0 Å². The van der Waals surface area contributed by atoms with Crippen molar-refractivity contribution in [2.24, 2.45) is 0 Å². The quantitative estimate of drug-likeness (QED) is 0.302. The van der Waals surface area contributed by atoms with Gasteiger partial charge in [0.15, 0.2) is 6.79 Å². The highest BCUT2D eigenvalue weighted by molar-refractivity contribution is 5.20. The first-order valence-corrected chi connectivity index (χ1v) is 4.12. The van der Waals surface area contributed by atoms with Crippen LogP contribution in [-0.4, -0.2) is 13.9 Å². The second-order valence-corrected chi connectivity index (χ2v) is 2.77. The van der Waals surface area contributed by atoms with Crippen LogP contribution in [0.2, 0.25) is 0 Å². The molecule has 1 aromatic rings. The average molecular weight is 182 g/mol. The van der Waals surface area contributed by atoms with Gasteiger partial charge < -0.3 is 4.74 Å². The zero-order chi connectivity index (χ0) is 9.52. The van der Waals surface area contributed by atoms with E-state index < -0.39 is 0 Å². The first kappa shape index (κ1) is 10.2. The Labute approximate surface area is 78.2 Å². The van der Waals surface area contributed by atoms with Crippen molar-refractivity contribution in [3.63, 3.8) is 0 Å². The molecule has 0 saturated carbocycles. The van der Waals surface area contributed by atoms with Crippen LogP contribution in [0.1, 0.15) is 11.1 Å². The average Bonchev–Trinajstić information content (AvgIpc) is 2.15. The second-order valence-electron chi connectivity index (χ2n) is 2.77. The van der Waals surface area contributed by atoms with Crippen LogP contribution >= 0.6 is 0 Å². The van der Waals surface area contributed by atoms with Crippen molar-refractivity contribution in [3.05, 3.63) is 35.4 Å². The van der Waals surface area contributed by atoms with Gasteiger partial charge >= 0.3 is 0 Å². The van der Waals surface area contributed by atoms with Gasteiger partial charge in [-0.1, -0.05) is 29.8 Å². The van der Waals surface area contributed by atoms with Crippen molar-refractivity contribution in [2.75, 3.05) is 13.9 Å². The highest BCUT2D eigenvalue weighted by atomic mass is 17.2. The third-order valence-electron chi connectivity index (χ3n) is 1.60. The van der Waals surface area contributed by atoms with Crippen LogP contribution in [-0.2, 0) is 21.1 Å². The van der Waals surface area contributed by atoms with Gasteiger partial charge in [-0.3, -0.25) is 0 Å². The molecule has 0 saturated heterocycles. The molecule has 3 heteroatoms. The van der Waals surface area contributed by atoms with Crippen LogP contribution in [0.4, 0.5) is 0 Å². The van der Waals surface area contributed by atoms with Gasteiger partial charge in [0.2, 0.25) is 0 Å². The second kappa shape index (κ2) is 5.70. The van der Waals surface area contributed by atoms with E-state index in [1.54, 1.807) is 7.11 Å². The van der Waals surface area contributed by atoms with E-state index >= 15 is 0 Å². The topological polar surface area (TPSA) is 27.7 Å². The molecule has 0 aromatic heterocycles. The Morgan fingerprint density at radius 1 is 1.08 bits per heavy atom. The predicted molar refractivity (Wildman–Crippen MR) is 48.9 cm³/mol. The van der Waals surface area contributed by atoms with Gasteiger partial charge in [-0.05, 0) is 12.5 Å². The Bertz CT molecular complexity index is 230. The first-order valence-electron chi connectivity index (χ1n) is 4.12. The van der Waals surface area contributed by atoms with Crippen LogP contribution in [0, 0.1) is 6.92 Å². The summed E-state index contributed by atoms with van der Waals surface area (Å²) in [6.45, 7) is 2.65. The van der Waals surface area contributed by atoms with E-state index in [1.807, 2.05) is 31.2 Å². The Morgan fingerprint density at radius 2 is 1.77 bits per heavy atom. The van der Waals surface area contributed by atoms with E-state index in [4.69, 9.17) is 9.78 Å². The lowest BCUT2D eigenvalue weighted by molar-refractivity contribution is -0.340. The maximum atomic E-state index is 4.87. The largest absolute Gasteiger partial charge is 0.355 e. The monoisotopic (exact) mass is 182 g/mol. The smallest absolute Gasteiger partial charge is 0.180 e. The Morgan fingerprint density at radius 3 is 2.38 bits per heavy atom. The molecule has 0 fully saturated rings. The number of hydrogen-bond acceptors (Lipinski definition) is 3. The van der Waals surface area contributed by atoms with Gasteiger partial charge in [0, 0.05) is 7.11 Å². The number of benzene rings is 1. The highest BCUT2D eigenvalue weighted by Gasteiger charge is 1.92. The summed E-state index contributed by atoms with van der Waals surface area (Å²) in [6.07, 6.45) is 0. The third kappa shape index (κ3) is 4.03. The molecule has 1 rings (SSSR count). The molecule has 0 N–H and O–H groups in total. The van der Waals surface area contributed by atoms with E-state index in [1.165, 1.54) is 5.56 Å². The minimum Gasteiger partial charge on any atom is -0.355 e. The Hall–Kier alpha value is -0.900. The fourth-order valence-electron chi connectivity index (χ4n) is 0.876. The lowest BCUT2D eigenvalue weighted by Crippen LogP contribution is -1.98. The van der Waals surface area contributed by atoms with E-state index in [0.29, 0.717) is 6.61 Å². The lowest BCUT2D eigenvalue weighted by Gasteiger charge is -2.02. The maximum Gasteiger partial charge on any atom is 0.180 e. The van der Waals surface area contributed by atoms with Gasteiger partial charge in [0.1, 0.15) is 6.61 Å². The summed E-state index contributed by atoms with van der Waals surface area (Å²) in [4.78, 5) is 9.57. The molecular formula is C10H14O3. The first-order chi connectivity index (χ1) is 6.33. The number of ether oxygens (including phenoxy) is 1. The molecule has 0 aliphatic heterocycles. The minimum atomic E-state index is 0.159.